The number of Topliss-reactive ketones (excluding diaryl/α,β-unsaturated/α-hetero) is 1. The minimum Gasteiger partial charge on any atom is -0.472 e. The zero-order chi connectivity index (χ0) is 18.8. The number of hydrogen-bond acceptors (Lipinski definition) is 5. The van der Waals surface area contributed by atoms with Crippen LogP contribution in [0.2, 0.25) is 0 Å². The Labute approximate surface area is 158 Å². The van der Waals surface area contributed by atoms with E-state index in [2.05, 4.69) is 5.32 Å². The van der Waals surface area contributed by atoms with Crippen LogP contribution in [0.1, 0.15) is 55.3 Å². The van der Waals surface area contributed by atoms with Gasteiger partial charge in [-0.3, -0.25) is 14.4 Å². The van der Waals surface area contributed by atoms with Gasteiger partial charge in [-0.2, -0.15) is 0 Å². The second kappa shape index (κ2) is 7.84. The van der Waals surface area contributed by atoms with Crippen molar-refractivity contribution in [3.8, 4) is 0 Å². The summed E-state index contributed by atoms with van der Waals surface area (Å²) in [6.07, 6.45) is 9.64. The predicted octanol–water partition coefficient (Wildman–Crippen LogP) is 1.92. The first-order valence-electron chi connectivity index (χ1n) is 9.91. The fourth-order valence-electron chi connectivity index (χ4n) is 4.65. The summed E-state index contributed by atoms with van der Waals surface area (Å²) in [5.41, 5.74) is 0.399. The van der Waals surface area contributed by atoms with Crippen molar-refractivity contribution < 1.29 is 23.5 Å². The Bertz CT molecular complexity index is 695. The van der Waals surface area contributed by atoms with Crippen molar-refractivity contribution in [1.29, 1.82) is 0 Å². The number of nitrogens with zero attached hydrogens (tertiary/aromatic N) is 1. The van der Waals surface area contributed by atoms with Crippen LogP contribution < -0.4 is 5.32 Å². The van der Waals surface area contributed by atoms with Crippen LogP contribution in [0.4, 0.5) is 0 Å². The molecule has 2 saturated heterocycles. The summed E-state index contributed by atoms with van der Waals surface area (Å²) in [5, 5.41) is 2.90. The molecule has 2 amide bonds. The van der Waals surface area contributed by atoms with Crippen molar-refractivity contribution in [3.05, 3.63) is 24.2 Å². The molecule has 7 nitrogen and oxygen atoms in total. The molecule has 1 aromatic heterocycles. The lowest BCUT2D eigenvalue weighted by molar-refractivity contribution is -0.138. The lowest BCUT2D eigenvalue weighted by Crippen LogP contribution is -2.52. The number of likely N-dealkylation sites (tertiary alicyclic amines) is 1. The van der Waals surface area contributed by atoms with Crippen molar-refractivity contribution in [1.82, 2.24) is 10.2 Å². The van der Waals surface area contributed by atoms with Crippen molar-refractivity contribution in [3.63, 3.8) is 0 Å². The predicted molar refractivity (Wildman–Crippen MR) is 96.0 cm³/mol. The van der Waals surface area contributed by atoms with Gasteiger partial charge in [0.1, 0.15) is 25.0 Å². The van der Waals surface area contributed by atoms with Gasteiger partial charge in [0.15, 0.2) is 5.78 Å². The van der Waals surface area contributed by atoms with Gasteiger partial charge in [-0.15, -0.1) is 0 Å². The normalized spacial score (nSPS) is 26.8. The maximum absolute atomic E-state index is 13.3. The largest absolute Gasteiger partial charge is 0.472 e. The van der Waals surface area contributed by atoms with Crippen LogP contribution in [-0.4, -0.2) is 53.8 Å². The standard InChI is InChI=1S/C20H26N2O5/c23-16-12-27-17-6-8-22(18(16)17)20(25)15(10-13-4-2-1-3-5-13)21-19(24)14-7-9-26-11-14/h7,9,11,13,15,17-18H,1-6,8,10,12H2,(H,21,24)/t15?,17?,18-/m1/s1. The van der Waals surface area contributed by atoms with Crippen molar-refractivity contribution in [2.45, 2.75) is 63.1 Å². The Morgan fingerprint density at radius 1 is 1.22 bits per heavy atom. The first-order valence-corrected chi connectivity index (χ1v) is 9.91. The number of carbonyl (C=O) groups is 3. The van der Waals surface area contributed by atoms with E-state index in [4.69, 9.17) is 9.15 Å². The number of ketones is 1. The Hall–Kier alpha value is -2.15. The molecule has 1 saturated carbocycles. The summed E-state index contributed by atoms with van der Waals surface area (Å²) in [5.74, 6) is -0.0962. The van der Waals surface area contributed by atoms with Gasteiger partial charge < -0.3 is 19.4 Å². The van der Waals surface area contributed by atoms with Crippen LogP contribution in [-0.2, 0) is 14.3 Å². The van der Waals surface area contributed by atoms with Gasteiger partial charge in [0, 0.05) is 6.54 Å². The second-order valence-corrected chi connectivity index (χ2v) is 7.86. The topological polar surface area (TPSA) is 88.9 Å². The monoisotopic (exact) mass is 374 g/mol. The average molecular weight is 374 g/mol. The van der Waals surface area contributed by atoms with Crippen molar-refractivity contribution in [2.24, 2.45) is 5.92 Å². The van der Waals surface area contributed by atoms with Crippen LogP contribution in [0.5, 0.6) is 0 Å². The van der Waals surface area contributed by atoms with Crippen LogP contribution in [0.15, 0.2) is 23.0 Å². The summed E-state index contributed by atoms with van der Waals surface area (Å²) < 4.78 is 10.5. The molecule has 0 spiro atoms. The molecule has 3 aliphatic rings. The van der Waals surface area contributed by atoms with E-state index in [-0.39, 0.29) is 30.3 Å². The van der Waals surface area contributed by atoms with E-state index in [1.807, 2.05) is 0 Å². The third-order valence-corrected chi connectivity index (χ3v) is 6.08. The van der Waals surface area contributed by atoms with Crippen molar-refractivity contribution >= 4 is 17.6 Å². The molecule has 1 aromatic rings. The number of rotatable bonds is 5. The number of amides is 2. The maximum atomic E-state index is 13.3. The highest BCUT2D eigenvalue weighted by molar-refractivity contribution is 5.99. The van der Waals surface area contributed by atoms with Gasteiger partial charge in [0.25, 0.3) is 5.91 Å². The molecule has 3 fully saturated rings. The molecule has 0 bridgehead atoms. The highest BCUT2D eigenvalue weighted by Gasteiger charge is 2.48. The molecule has 3 heterocycles. The van der Waals surface area contributed by atoms with Gasteiger partial charge in [0.05, 0.1) is 17.9 Å². The van der Waals surface area contributed by atoms with Gasteiger partial charge in [-0.1, -0.05) is 32.1 Å². The van der Waals surface area contributed by atoms with Crippen LogP contribution >= 0.6 is 0 Å². The zero-order valence-corrected chi connectivity index (χ0v) is 15.4. The molecule has 27 heavy (non-hydrogen) atoms. The number of carbonyl (C=O) groups excluding carboxylic acids is 3. The quantitative estimate of drug-likeness (QED) is 0.851. The van der Waals surface area contributed by atoms with E-state index in [9.17, 15) is 14.4 Å². The summed E-state index contributed by atoms with van der Waals surface area (Å²) in [7, 11) is 0. The number of fused-ring (bicyclic) bond motifs is 1. The fourth-order valence-corrected chi connectivity index (χ4v) is 4.65. The summed E-state index contributed by atoms with van der Waals surface area (Å²) >= 11 is 0. The van der Waals surface area contributed by atoms with E-state index in [0.717, 1.165) is 12.8 Å². The number of ether oxygens (including phenoxy) is 1. The molecule has 2 unspecified atom stereocenters. The molecule has 2 aliphatic heterocycles. The molecular formula is C20H26N2O5. The first kappa shape index (κ1) is 18.2. The van der Waals surface area contributed by atoms with Crippen LogP contribution in [0, 0.1) is 5.92 Å². The maximum Gasteiger partial charge on any atom is 0.255 e. The SMILES string of the molecule is O=C(NC(CC1CCCCC1)C(=O)N1CCC2OCC(=O)[C@H]21)c1ccoc1. The highest BCUT2D eigenvalue weighted by atomic mass is 16.5. The summed E-state index contributed by atoms with van der Waals surface area (Å²) in [4.78, 5) is 39.6. The minimum absolute atomic E-state index is 0.0385. The molecule has 4 rings (SSSR count). The van der Waals surface area contributed by atoms with Crippen LogP contribution in [0.3, 0.4) is 0 Å². The Kier molecular flexibility index (Phi) is 5.29. The van der Waals surface area contributed by atoms with Gasteiger partial charge >= 0.3 is 0 Å². The molecular weight excluding hydrogens is 348 g/mol. The zero-order valence-electron chi connectivity index (χ0n) is 15.4. The molecule has 0 radical (unpaired) electrons. The molecule has 1 aliphatic carbocycles. The first-order chi connectivity index (χ1) is 13.1. The van der Waals surface area contributed by atoms with E-state index >= 15 is 0 Å². The molecule has 7 heteroatoms. The van der Waals surface area contributed by atoms with E-state index in [0.29, 0.717) is 30.9 Å². The number of nitrogens with one attached hydrogen (secondary N) is 1. The molecule has 1 N–H and O–H groups in total. The third kappa shape index (κ3) is 3.78. The fraction of sp³-hybridized carbons (Fsp3) is 0.650. The molecule has 3 atom stereocenters. The average Bonchev–Trinajstić information content (AvgIpc) is 3.41. The summed E-state index contributed by atoms with van der Waals surface area (Å²) in [6, 6.07) is 0.470. The van der Waals surface area contributed by atoms with Crippen LogP contribution in [0.25, 0.3) is 0 Å². The van der Waals surface area contributed by atoms with E-state index in [1.54, 1.807) is 11.0 Å². The van der Waals surface area contributed by atoms with E-state index < -0.39 is 12.1 Å². The van der Waals surface area contributed by atoms with Gasteiger partial charge in [0.2, 0.25) is 5.91 Å². The number of furan rings is 1. The van der Waals surface area contributed by atoms with Gasteiger partial charge in [-0.05, 0) is 24.8 Å². The Morgan fingerprint density at radius 3 is 2.78 bits per heavy atom. The number of hydrogen-bond donors (Lipinski definition) is 1. The van der Waals surface area contributed by atoms with Gasteiger partial charge in [-0.25, -0.2) is 0 Å². The smallest absolute Gasteiger partial charge is 0.255 e. The molecule has 0 aromatic carbocycles. The Morgan fingerprint density at radius 2 is 2.04 bits per heavy atom. The molecule has 146 valence electrons. The lowest BCUT2D eigenvalue weighted by Gasteiger charge is -2.31. The van der Waals surface area contributed by atoms with E-state index in [1.165, 1.54) is 31.8 Å². The van der Waals surface area contributed by atoms with Crippen molar-refractivity contribution in [2.75, 3.05) is 13.2 Å². The summed E-state index contributed by atoms with van der Waals surface area (Å²) in [6.45, 7) is 0.580. The minimum atomic E-state index is -0.623. The Balaban J connectivity index is 1.50. The second-order valence-electron chi connectivity index (χ2n) is 7.86. The lowest BCUT2D eigenvalue weighted by atomic mass is 9.84. The highest BCUT2D eigenvalue weighted by Crippen LogP contribution is 2.31. The third-order valence-electron chi connectivity index (χ3n) is 6.08.